The molecule has 0 unspecified atom stereocenters. The van der Waals surface area contributed by atoms with Crippen LogP contribution in [0.25, 0.3) is 0 Å². The number of rotatable bonds is 7. The summed E-state index contributed by atoms with van der Waals surface area (Å²) < 4.78 is 33.0. The molecule has 0 saturated carbocycles. The van der Waals surface area contributed by atoms with E-state index in [1.165, 1.54) is 49.6 Å². The third-order valence-corrected chi connectivity index (χ3v) is 5.54. The van der Waals surface area contributed by atoms with E-state index in [1.54, 1.807) is 24.3 Å². The van der Waals surface area contributed by atoms with Gasteiger partial charge in [0, 0.05) is 11.1 Å². The molecule has 3 rings (SSSR count). The third kappa shape index (κ3) is 5.11. The second-order valence-electron chi connectivity index (χ2n) is 6.25. The quantitative estimate of drug-likeness (QED) is 0.253. The van der Waals surface area contributed by atoms with Crippen LogP contribution in [0.5, 0.6) is 17.2 Å². The van der Waals surface area contributed by atoms with Gasteiger partial charge in [0.05, 0.1) is 23.9 Å². The van der Waals surface area contributed by atoms with Gasteiger partial charge >= 0.3 is 0 Å². The van der Waals surface area contributed by atoms with Gasteiger partial charge in [-0.05, 0) is 42.5 Å². The molecule has 0 heterocycles. The number of carbonyl (C=O) groups excluding carboxylic acids is 1. The van der Waals surface area contributed by atoms with Crippen LogP contribution in [0.2, 0.25) is 0 Å². The van der Waals surface area contributed by atoms with Crippen LogP contribution in [0, 0.1) is 0 Å². The number of methoxy groups -OCH3 is 1. The van der Waals surface area contributed by atoms with E-state index in [0.717, 1.165) is 6.21 Å². The highest BCUT2D eigenvalue weighted by molar-refractivity contribution is 7.92. The summed E-state index contributed by atoms with van der Waals surface area (Å²) in [7, 11) is -2.56. The zero-order valence-electron chi connectivity index (χ0n) is 16.3. The molecule has 0 atom stereocenters. The summed E-state index contributed by atoms with van der Waals surface area (Å²) in [4.78, 5) is 12.2. The summed E-state index contributed by atoms with van der Waals surface area (Å²) in [6.07, 6.45) is 1.15. The Hall–Kier alpha value is -4.05. The molecule has 160 valence electrons. The molecule has 3 aromatic rings. The van der Waals surface area contributed by atoms with Gasteiger partial charge in [0.15, 0.2) is 11.5 Å². The zero-order valence-corrected chi connectivity index (χ0v) is 17.1. The predicted molar refractivity (Wildman–Crippen MR) is 115 cm³/mol. The highest BCUT2D eigenvalue weighted by Gasteiger charge is 2.18. The lowest BCUT2D eigenvalue weighted by Crippen LogP contribution is -2.19. The number of hydrogen-bond acceptors (Lipinski definition) is 7. The molecule has 0 aliphatic carbocycles. The number of amides is 1. The smallest absolute Gasteiger partial charge is 0.271 e. The van der Waals surface area contributed by atoms with Crippen molar-refractivity contribution in [2.24, 2.45) is 5.10 Å². The summed E-state index contributed by atoms with van der Waals surface area (Å²) in [5.74, 6) is -1.01. The van der Waals surface area contributed by atoms with Crippen LogP contribution in [-0.2, 0) is 10.0 Å². The van der Waals surface area contributed by atoms with Crippen molar-refractivity contribution in [2.75, 3.05) is 11.8 Å². The van der Waals surface area contributed by atoms with E-state index in [0.29, 0.717) is 5.75 Å². The number of anilines is 1. The number of hydrazone groups is 1. The number of nitrogens with zero attached hydrogens (tertiary/aromatic N) is 1. The van der Waals surface area contributed by atoms with Gasteiger partial charge in [-0.25, -0.2) is 13.8 Å². The number of sulfonamides is 1. The van der Waals surface area contributed by atoms with Gasteiger partial charge in [0.25, 0.3) is 15.9 Å². The third-order valence-electron chi connectivity index (χ3n) is 4.17. The number of phenolic OH excluding ortho intramolecular Hbond substituents is 2. The lowest BCUT2D eigenvalue weighted by Gasteiger charge is -2.12. The highest BCUT2D eigenvalue weighted by Crippen LogP contribution is 2.27. The molecule has 1 amide bonds. The van der Waals surface area contributed by atoms with Crippen molar-refractivity contribution in [1.29, 1.82) is 0 Å². The molecule has 31 heavy (non-hydrogen) atoms. The number of aromatic hydroxyl groups is 2. The van der Waals surface area contributed by atoms with Crippen LogP contribution in [0.4, 0.5) is 5.69 Å². The van der Waals surface area contributed by atoms with Crippen LogP contribution in [0.1, 0.15) is 15.9 Å². The SMILES string of the molecule is COc1ccccc1NS(=O)(=O)c1cccc(C(=O)N/N=C/c2cccc(O)c2O)c1. The molecule has 0 aromatic heterocycles. The molecular formula is C21H19N3O6S. The van der Waals surface area contributed by atoms with Gasteiger partial charge in [-0.15, -0.1) is 0 Å². The van der Waals surface area contributed by atoms with Crippen LogP contribution >= 0.6 is 0 Å². The number of ether oxygens (including phenoxy) is 1. The highest BCUT2D eigenvalue weighted by atomic mass is 32.2. The Morgan fingerprint density at radius 1 is 1.03 bits per heavy atom. The first-order chi connectivity index (χ1) is 14.8. The molecule has 10 heteroatoms. The van der Waals surface area contributed by atoms with Crippen molar-refractivity contribution in [3.63, 3.8) is 0 Å². The maximum atomic E-state index is 12.7. The van der Waals surface area contributed by atoms with Crippen LogP contribution in [0.3, 0.4) is 0 Å². The second kappa shape index (κ2) is 9.18. The molecule has 0 radical (unpaired) electrons. The molecule has 0 fully saturated rings. The Morgan fingerprint density at radius 2 is 1.77 bits per heavy atom. The van der Waals surface area contributed by atoms with Crippen molar-refractivity contribution >= 4 is 27.8 Å². The summed E-state index contributed by atoms with van der Waals surface area (Å²) in [5.41, 5.74) is 2.75. The minimum absolute atomic E-state index is 0.0557. The topological polar surface area (TPSA) is 137 Å². The molecule has 0 bridgehead atoms. The Morgan fingerprint density at radius 3 is 2.55 bits per heavy atom. The van der Waals surface area contributed by atoms with Gasteiger partial charge in [0.1, 0.15) is 5.75 Å². The zero-order chi connectivity index (χ0) is 22.4. The Balaban J connectivity index is 1.76. The van der Waals surface area contributed by atoms with Crippen molar-refractivity contribution in [1.82, 2.24) is 5.43 Å². The monoisotopic (exact) mass is 441 g/mol. The van der Waals surface area contributed by atoms with Gasteiger partial charge in [-0.1, -0.05) is 24.3 Å². The van der Waals surface area contributed by atoms with Gasteiger partial charge in [0.2, 0.25) is 0 Å². The van der Waals surface area contributed by atoms with E-state index in [1.807, 2.05) is 0 Å². The molecule has 0 aliphatic heterocycles. The van der Waals surface area contributed by atoms with Gasteiger partial charge in [-0.2, -0.15) is 5.10 Å². The number of phenols is 2. The molecule has 9 nitrogen and oxygen atoms in total. The summed E-state index contributed by atoms with van der Waals surface area (Å²) in [6.45, 7) is 0. The maximum Gasteiger partial charge on any atom is 0.271 e. The molecular weight excluding hydrogens is 422 g/mol. The first kappa shape index (κ1) is 21.7. The van der Waals surface area contributed by atoms with Crippen LogP contribution in [-0.4, -0.2) is 37.9 Å². The predicted octanol–water partition coefficient (Wildman–Crippen LogP) is 2.67. The standard InChI is InChI=1S/C21H19N3O6S/c1-30-19-11-3-2-9-17(19)24-31(28,29)16-8-4-6-14(12-16)21(27)23-22-13-15-7-5-10-18(25)20(15)26/h2-13,24-26H,1H3,(H,23,27)/b22-13+. The van der Waals surface area contributed by atoms with E-state index in [9.17, 15) is 23.4 Å². The van der Waals surface area contributed by atoms with E-state index >= 15 is 0 Å². The minimum atomic E-state index is -3.99. The van der Waals surface area contributed by atoms with Crippen molar-refractivity contribution < 1.29 is 28.2 Å². The Bertz CT molecular complexity index is 1240. The lowest BCUT2D eigenvalue weighted by atomic mass is 10.2. The van der Waals surface area contributed by atoms with E-state index in [4.69, 9.17) is 4.74 Å². The Labute approximate surface area is 178 Å². The minimum Gasteiger partial charge on any atom is -0.504 e. The van der Waals surface area contributed by atoms with Crippen molar-refractivity contribution in [3.8, 4) is 17.2 Å². The molecule has 4 N–H and O–H groups in total. The molecule has 0 spiro atoms. The van der Waals surface area contributed by atoms with E-state index in [-0.39, 0.29) is 33.2 Å². The van der Waals surface area contributed by atoms with E-state index in [2.05, 4.69) is 15.2 Å². The first-order valence-electron chi connectivity index (χ1n) is 8.92. The van der Waals surface area contributed by atoms with E-state index < -0.39 is 15.9 Å². The van der Waals surface area contributed by atoms with Gasteiger partial charge in [-0.3, -0.25) is 9.52 Å². The fourth-order valence-corrected chi connectivity index (χ4v) is 3.73. The number of nitrogens with one attached hydrogen (secondary N) is 2. The second-order valence-corrected chi connectivity index (χ2v) is 7.93. The number of hydrogen-bond donors (Lipinski definition) is 4. The fourth-order valence-electron chi connectivity index (χ4n) is 2.61. The maximum absolute atomic E-state index is 12.7. The summed E-state index contributed by atoms with van der Waals surface area (Å²) >= 11 is 0. The number of benzene rings is 3. The summed E-state index contributed by atoms with van der Waals surface area (Å²) in [5, 5.41) is 22.9. The average molecular weight is 441 g/mol. The van der Waals surface area contributed by atoms with Gasteiger partial charge < -0.3 is 14.9 Å². The lowest BCUT2D eigenvalue weighted by molar-refractivity contribution is 0.0955. The molecule has 0 aliphatic rings. The fraction of sp³-hybridized carbons (Fsp3) is 0.0476. The first-order valence-corrected chi connectivity index (χ1v) is 10.4. The normalized spacial score (nSPS) is 11.3. The number of carbonyl (C=O) groups is 1. The Kier molecular flexibility index (Phi) is 6.41. The van der Waals surface area contributed by atoms with Crippen molar-refractivity contribution in [2.45, 2.75) is 4.90 Å². The molecule has 3 aromatic carbocycles. The number of para-hydroxylation sites is 3. The van der Waals surface area contributed by atoms with Crippen molar-refractivity contribution in [3.05, 3.63) is 77.9 Å². The summed E-state index contributed by atoms with van der Waals surface area (Å²) in [6, 6.07) is 16.2. The molecule has 0 saturated heterocycles. The average Bonchev–Trinajstić information content (AvgIpc) is 2.77. The largest absolute Gasteiger partial charge is 0.504 e. The van der Waals surface area contributed by atoms with Crippen LogP contribution in [0.15, 0.2) is 76.7 Å². The van der Waals surface area contributed by atoms with Crippen LogP contribution < -0.4 is 14.9 Å².